The first kappa shape index (κ1) is 23.0. The Labute approximate surface area is 187 Å². The van der Waals surface area contributed by atoms with Gasteiger partial charge in [0.2, 0.25) is 15.9 Å². The van der Waals surface area contributed by atoms with Crippen LogP contribution in [0.25, 0.3) is 0 Å². The van der Waals surface area contributed by atoms with E-state index in [1.807, 2.05) is 6.92 Å². The molecule has 0 radical (unpaired) electrons. The molecule has 162 valence electrons. The summed E-state index contributed by atoms with van der Waals surface area (Å²) >= 11 is 12.5. The van der Waals surface area contributed by atoms with Crippen molar-refractivity contribution in [3.63, 3.8) is 0 Å². The Morgan fingerprint density at radius 1 is 1.17 bits per heavy atom. The summed E-state index contributed by atoms with van der Waals surface area (Å²) in [5.74, 6) is -0.413. The molecule has 30 heavy (non-hydrogen) atoms. The first-order valence-electron chi connectivity index (χ1n) is 9.65. The lowest BCUT2D eigenvalue weighted by atomic mass is 10.2. The molecule has 1 amide bonds. The molecule has 1 saturated heterocycles. The van der Waals surface area contributed by atoms with E-state index < -0.39 is 15.9 Å². The van der Waals surface area contributed by atoms with Gasteiger partial charge < -0.3 is 10.1 Å². The van der Waals surface area contributed by atoms with Crippen LogP contribution in [0.15, 0.2) is 47.4 Å². The average molecular weight is 471 g/mol. The number of benzene rings is 2. The van der Waals surface area contributed by atoms with Crippen LogP contribution in [0.4, 0.5) is 0 Å². The summed E-state index contributed by atoms with van der Waals surface area (Å²) in [4.78, 5) is 12.7. The fraction of sp³-hybridized carbons (Fsp3) is 0.381. The number of aryl methyl sites for hydroxylation is 1. The number of halogens is 2. The zero-order valence-electron chi connectivity index (χ0n) is 16.6. The molecule has 2 aromatic rings. The Bertz CT molecular complexity index is 970. The van der Waals surface area contributed by atoms with E-state index in [-0.39, 0.29) is 24.1 Å². The van der Waals surface area contributed by atoms with Crippen molar-refractivity contribution in [3.05, 3.63) is 63.6 Å². The third-order valence-electron chi connectivity index (χ3n) is 4.93. The molecule has 1 aliphatic rings. The summed E-state index contributed by atoms with van der Waals surface area (Å²) in [5, 5.41) is 3.45. The molecule has 1 fully saturated rings. The normalized spacial score (nSPS) is 16.7. The standard InChI is InChI=1S/C21H24Cl2N2O4S/c1-15-7-9-17(10-8-15)30(27,28)25(13-18-19(22)5-2-6-20(18)23)14-21(26)24-12-16-4-3-11-29-16/h2,5-10,16H,3-4,11-14H2,1H3,(H,24,26)/t16-/m1/s1. The van der Waals surface area contributed by atoms with E-state index in [1.54, 1.807) is 30.3 Å². The van der Waals surface area contributed by atoms with Crippen LogP contribution in [0.2, 0.25) is 10.0 Å². The summed E-state index contributed by atoms with van der Waals surface area (Å²) in [6, 6.07) is 11.4. The maximum absolute atomic E-state index is 13.3. The van der Waals surface area contributed by atoms with E-state index in [0.717, 1.165) is 22.7 Å². The lowest BCUT2D eigenvalue weighted by molar-refractivity contribution is -0.121. The molecule has 0 saturated carbocycles. The van der Waals surface area contributed by atoms with Gasteiger partial charge in [-0.15, -0.1) is 0 Å². The number of nitrogens with zero attached hydrogens (tertiary/aromatic N) is 1. The maximum Gasteiger partial charge on any atom is 0.243 e. The molecule has 2 aromatic carbocycles. The minimum Gasteiger partial charge on any atom is -0.376 e. The van der Waals surface area contributed by atoms with Crippen molar-refractivity contribution in [2.24, 2.45) is 0 Å². The molecule has 0 aliphatic carbocycles. The van der Waals surface area contributed by atoms with Gasteiger partial charge in [-0.2, -0.15) is 4.31 Å². The lowest BCUT2D eigenvalue weighted by Gasteiger charge is -2.23. The van der Waals surface area contributed by atoms with E-state index in [1.165, 1.54) is 12.1 Å². The molecule has 9 heteroatoms. The monoisotopic (exact) mass is 470 g/mol. The average Bonchev–Trinajstić information content (AvgIpc) is 3.22. The Kier molecular flexibility index (Phi) is 7.76. The summed E-state index contributed by atoms with van der Waals surface area (Å²) in [6.07, 6.45) is 1.80. The number of rotatable bonds is 8. The number of hydrogen-bond acceptors (Lipinski definition) is 4. The van der Waals surface area contributed by atoms with E-state index in [2.05, 4.69) is 5.32 Å². The molecule has 1 aliphatic heterocycles. The zero-order valence-corrected chi connectivity index (χ0v) is 18.9. The third-order valence-corrected chi connectivity index (χ3v) is 7.44. The van der Waals surface area contributed by atoms with Crippen molar-refractivity contribution in [3.8, 4) is 0 Å². The van der Waals surface area contributed by atoms with E-state index >= 15 is 0 Å². The lowest BCUT2D eigenvalue weighted by Crippen LogP contribution is -2.42. The van der Waals surface area contributed by atoms with Crippen molar-refractivity contribution < 1.29 is 17.9 Å². The van der Waals surface area contributed by atoms with E-state index in [9.17, 15) is 13.2 Å². The van der Waals surface area contributed by atoms with Crippen LogP contribution in [0.3, 0.4) is 0 Å². The molecule has 1 heterocycles. The van der Waals surface area contributed by atoms with Crippen LogP contribution >= 0.6 is 23.2 Å². The first-order valence-corrected chi connectivity index (χ1v) is 11.8. The maximum atomic E-state index is 13.3. The van der Waals surface area contributed by atoms with Crippen LogP contribution in [-0.2, 0) is 26.1 Å². The molecule has 0 bridgehead atoms. The minimum atomic E-state index is -3.96. The second-order valence-corrected chi connectivity index (χ2v) is 9.98. The van der Waals surface area contributed by atoms with E-state index in [4.69, 9.17) is 27.9 Å². The smallest absolute Gasteiger partial charge is 0.243 e. The van der Waals surface area contributed by atoms with Gasteiger partial charge in [0.05, 0.1) is 17.5 Å². The fourth-order valence-corrected chi connectivity index (χ4v) is 5.08. The molecule has 0 unspecified atom stereocenters. The Hall–Kier alpha value is -1.64. The Morgan fingerprint density at radius 2 is 1.83 bits per heavy atom. The molecular weight excluding hydrogens is 447 g/mol. The number of carbonyl (C=O) groups excluding carboxylic acids is 1. The van der Waals surface area contributed by atoms with Crippen molar-refractivity contribution >= 4 is 39.1 Å². The molecule has 6 nitrogen and oxygen atoms in total. The summed E-state index contributed by atoms with van der Waals surface area (Å²) in [7, 11) is -3.96. The van der Waals surface area contributed by atoms with Gasteiger partial charge in [0.1, 0.15) is 0 Å². The molecular formula is C21H24Cl2N2O4S. The second-order valence-electron chi connectivity index (χ2n) is 7.23. The molecule has 3 rings (SSSR count). The number of ether oxygens (including phenoxy) is 1. The van der Waals surface area contributed by atoms with Crippen LogP contribution < -0.4 is 5.32 Å². The van der Waals surface area contributed by atoms with Crippen LogP contribution in [-0.4, -0.2) is 44.4 Å². The largest absolute Gasteiger partial charge is 0.376 e. The second kappa shape index (κ2) is 10.1. The summed E-state index contributed by atoms with van der Waals surface area (Å²) in [6.45, 7) is 2.42. The summed E-state index contributed by atoms with van der Waals surface area (Å²) in [5.41, 5.74) is 1.38. The fourth-order valence-electron chi connectivity index (χ4n) is 3.19. The quantitative estimate of drug-likeness (QED) is 0.636. The Balaban J connectivity index is 1.83. The van der Waals surface area contributed by atoms with Crippen LogP contribution in [0.1, 0.15) is 24.0 Å². The van der Waals surface area contributed by atoms with Gasteiger partial charge in [-0.05, 0) is 44.0 Å². The van der Waals surface area contributed by atoms with Gasteiger partial charge >= 0.3 is 0 Å². The minimum absolute atomic E-state index is 0.0332. The van der Waals surface area contributed by atoms with Crippen LogP contribution in [0.5, 0.6) is 0 Å². The number of hydrogen-bond donors (Lipinski definition) is 1. The zero-order chi connectivity index (χ0) is 21.7. The number of sulfonamides is 1. The Morgan fingerprint density at radius 3 is 2.43 bits per heavy atom. The predicted molar refractivity (Wildman–Crippen MR) is 117 cm³/mol. The number of amides is 1. The van der Waals surface area contributed by atoms with E-state index in [0.29, 0.717) is 28.8 Å². The van der Waals surface area contributed by atoms with Crippen molar-refractivity contribution in [2.45, 2.75) is 37.3 Å². The van der Waals surface area contributed by atoms with Gasteiger partial charge in [-0.1, -0.05) is 47.0 Å². The van der Waals surface area contributed by atoms with Gasteiger partial charge in [0.15, 0.2) is 0 Å². The van der Waals surface area contributed by atoms with Crippen molar-refractivity contribution in [1.29, 1.82) is 0 Å². The molecule has 1 N–H and O–H groups in total. The highest BCUT2D eigenvalue weighted by Gasteiger charge is 2.28. The topological polar surface area (TPSA) is 75.7 Å². The number of nitrogens with one attached hydrogen (secondary N) is 1. The van der Waals surface area contributed by atoms with Gasteiger partial charge in [0.25, 0.3) is 0 Å². The van der Waals surface area contributed by atoms with Crippen molar-refractivity contribution in [2.75, 3.05) is 19.7 Å². The molecule has 0 aromatic heterocycles. The highest BCUT2D eigenvalue weighted by molar-refractivity contribution is 7.89. The highest BCUT2D eigenvalue weighted by Crippen LogP contribution is 2.28. The molecule has 0 spiro atoms. The van der Waals surface area contributed by atoms with Crippen LogP contribution in [0, 0.1) is 6.92 Å². The van der Waals surface area contributed by atoms with Crippen molar-refractivity contribution in [1.82, 2.24) is 9.62 Å². The summed E-state index contributed by atoms with van der Waals surface area (Å²) < 4.78 is 33.2. The highest BCUT2D eigenvalue weighted by atomic mass is 35.5. The SMILES string of the molecule is Cc1ccc(S(=O)(=O)N(CC(=O)NC[C@H]2CCCO2)Cc2c(Cl)cccc2Cl)cc1. The van der Waals surface area contributed by atoms with Gasteiger partial charge in [-0.25, -0.2) is 8.42 Å². The van der Waals surface area contributed by atoms with Gasteiger partial charge in [0, 0.05) is 35.3 Å². The molecule has 1 atom stereocenters. The predicted octanol–water partition coefficient (Wildman–Crippen LogP) is 3.79. The third kappa shape index (κ3) is 5.74. The first-order chi connectivity index (χ1) is 14.3. The van der Waals surface area contributed by atoms with Gasteiger partial charge in [-0.3, -0.25) is 4.79 Å². The number of carbonyl (C=O) groups is 1.